The summed E-state index contributed by atoms with van der Waals surface area (Å²) in [6.07, 6.45) is 5.65. The lowest BCUT2D eigenvalue weighted by Gasteiger charge is -2.38. The van der Waals surface area contributed by atoms with Gasteiger partial charge in [-0.15, -0.1) is 0 Å². The van der Waals surface area contributed by atoms with Crippen LogP contribution in [0.5, 0.6) is 0 Å². The Morgan fingerprint density at radius 3 is 2.38 bits per heavy atom. The molecule has 2 aliphatic heterocycles. The number of likely N-dealkylation sites (tertiary alicyclic amines) is 2. The fourth-order valence-electron chi connectivity index (χ4n) is 7.26. The minimum absolute atomic E-state index is 0.0443. The second-order valence-electron chi connectivity index (χ2n) is 13.7. The Kier molecular flexibility index (Phi) is 10.0. The Morgan fingerprint density at radius 1 is 1.02 bits per heavy atom. The van der Waals surface area contributed by atoms with Crippen LogP contribution in [0.4, 0.5) is 14.9 Å². The van der Waals surface area contributed by atoms with Crippen molar-refractivity contribution in [2.24, 2.45) is 11.8 Å². The first-order valence-corrected chi connectivity index (χ1v) is 16.2. The number of H-pyrrole nitrogens is 1. The van der Waals surface area contributed by atoms with Crippen LogP contribution >= 0.6 is 0 Å². The van der Waals surface area contributed by atoms with Crippen molar-refractivity contribution < 1.29 is 33.4 Å². The molecule has 3 amide bonds. The van der Waals surface area contributed by atoms with E-state index in [2.05, 4.69) is 20.5 Å². The summed E-state index contributed by atoms with van der Waals surface area (Å²) in [5.41, 5.74) is 0.578. The number of aromatic carboxylic acids is 1. The van der Waals surface area contributed by atoms with E-state index in [9.17, 15) is 28.7 Å². The number of carbonyl (C=O) groups excluding carboxylic acids is 3. The van der Waals surface area contributed by atoms with E-state index in [0.29, 0.717) is 55.2 Å². The Labute approximate surface area is 263 Å². The highest BCUT2D eigenvalue weighted by Crippen LogP contribution is 2.35. The third kappa shape index (κ3) is 7.77. The minimum atomic E-state index is -1.06. The molecular formula is C33H46FN5O6. The molecule has 2 saturated heterocycles. The minimum Gasteiger partial charge on any atom is -0.477 e. The van der Waals surface area contributed by atoms with E-state index >= 15 is 0 Å². The standard InChI is InChI=1S/C33H46FN5O6/c1-33(2,3)45-32(44)37-26(19-34)20-7-9-21(10-8-20)30(41)39-16-13-27(38-14-5-4-6-15-38)28(39)29(40)35-23-11-12-24-22(17-23)18-25(36-24)31(42)43/h11-12,17-18,20-21,26-28,36H,4-10,13-16,19H2,1-3H3,(H,35,40)(H,37,44)(H,42,43)/t20-,21-,26-,27-,28+/m1/s1. The molecule has 0 radical (unpaired) electrons. The number of nitrogens with one attached hydrogen (secondary N) is 3. The number of fused-ring (bicyclic) bond motifs is 1. The van der Waals surface area contributed by atoms with Gasteiger partial charge >= 0.3 is 12.1 Å². The third-order valence-electron chi connectivity index (χ3n) is 9.45. The van der Waals surface area contributed by atoms with Crippen LogP contribution in [-0.2, 0) is 14.3 Å². The van der Waals surface area contributed by atoms with Gasteiger partial charge in [-0.2, -0.15) is 0 Å². The Bertz CT molecular complexity index is 1390. The van der Waals surface area contributed by atoms with E-state index in [0.717, 1.165) is 32.4 Å². The lowest BCUT2D eigenvalue weighted by molar-refractivity contribution is -0.142. The summed E-state index contributed by atoms with van der Waals surface area (Å²) < 4.78 is 19.3. The van der Waals surface area contributed by atoms with Crippen LogP contribution in [0.1, 0.15) is 82.6 Å². The van der Waals surface area contributed by atoms with Crippen molar-refractivity contribution in [2.45, 2.75) is 95.9 Å². The average Bonchev–Trinajstić information content (AvgIpc) is 3.64. The number of carboxylic acid groups (broad SMARTS) is 1. The van der Waals surface area contributed by atoms with Crippen LogP contribution in [0.3, 0.4) is 0 Å². The first-order valence-electron chi connectivity index (χ1n) is 16.2. The van der Waals surface area contributed by atoms with Crippen LogP contribution in [0, 0.1) is 11.8 Å². The van der Waals surface area contributed by atoms with Crippen molar-refractivity contribution in [3.8, 4) is 0 Å². The number of aromatic nitrogens is 1. The fraction of sp³-hybridized carbons (Fsp3) is 0.636. The number of hydrogen-bond acceptors (Lipinski definition) is 6. The Balaban J connectivity index is 1.27. The molecule has 0 bridgehead atoms. The van der Waals surface area contributed by atoms with Gasteiger partial charge in [0.15, 0.2) is 0 Å². The van der Waals surface area contributed by atoms with Gasteiger partial charge in [-0.1, -0.05) is 6.42 Å². The Hall–Kier alpha value is -3.67. The van der Waals surface area contributed by atoms with E-state index in [1.54, 1.807) is 43.9 Å². The second-order valence-corrected chi connectivity index (χ2v) is 13.7. The SMILES string of the molecule is CC(C)(C)OC(=O)N[C@H](CF)[C@H]1CC[C@H](C(=O)N2CC[C@@H](N3CCCCC3)[C@H]2C(=O)Nc2ccc3[nH]c(C(=O)O)cc3c2)CC1. The lowest BCUT2D eigenvalue weighted by atomic mass is 9.78. The smallest absolute Gasteiger partial charge is 0.407 e. The number of anilines is 1. The highest BCUT2D eigenvalue weighted by molar-refractivity contribution is 6.01. The quantitative estimate of drug-likeness (QED) is 0.325. The van der Waals surface area contributed by atoms with Crippen molar-refractivity contribution in [3.63, 3.8) is 0 Å². The van der Waals surface area contributed by atoms with E-state index in [-0.39, 0.29) is 35.4 Å². The summed E-state index contributed by atoms with van der Waals surface area (Å²) in [4.78, 5) is 58.6. The molecule has 5 rings (SSSR count). The molecule has 4 N–H and O–H groups in total. The number of ether oxygens (including phenoxy) is 1. The predicted molar refractivity (Wildman–Crippen MR) is 168 cm³/mol. The van der Waals surface area contributed by atoms with Gasteiger partial charge in [0.25, 0.3) is 0 Å². The van der Waals surface area contributed by atoms with Crippen molar-refractivity contribution in [2.75, 3.05) is 31.6 Å². The number of carbonyl (C=O) groups is 4. The van der Waals surface area contributed by atoms with E-state index in [1.807, 2.05) is 0 Å². The molecule has 1 aromatic heterocycles. The van der Waals surface area contributed by atoms with Gasteiger partial charge in [-0.3, -0.25) is 14.5 Å². The van der Waals surface area contributed by atoms with Crippen molar-refractivity contribution in [1.29, 1.82) is 0 Å². The molecule has 246 valence electrons. The molecule has 1 saturated carbocycles. The average molecular weight is 628 g/mol. The molecule has 1 aliphatic carbocycles. The van der Waals surface area contributed by atoms with E-state index in [1.165, 1.54) is 6.07 Å². The maximum absolute atomic E-state index is 14.0. The van der Waals surface area contributed by atoms with Gasteiger partial charge in [0, 0.05) is 35.1 Å². The summed E-state index contributed by atoms with van der Waals surface area (Å²) in [7, 11) is 0. The van der Waals surface area contributed by atoms with Crippen molar-refractivity contribution >= 4 is 40.5 Å². The number of alkyl halides is 1. The van der Waals surface area contributed by atoms with E-state index in [4.69, 9.17) is 4.74 Å². The van der Waals surface area contributed by atoms with Gasteiger partial charge < -0.3 is 30.4 Å². The molecule has 12 heteroatoms. The number of carboxylic acids is 1. The number of hydrogen-bond donors (Lipinski definition) is 4. The summed E-state index contributed by atoms with van der Waals surface area (Å²) in [6, 6.07) is 5.31. The topological polar surface area (TPSA) is 144 Å². The molecule has 1 aromatic carbocycles. The lowest BCUT2D eigenvalue weighted by Crippen LogP contribution is -2.55. The van der Waals surface area contributed by atoms with Gasteiger partial charge in [-0.25, -0.2) is 14.0 Å². The monoisotopic (exact) mass is 627 g/mol. The Morgan fingerprint density at radius 2 is 1.73 bits per heavy atom. The molecular weight excluding hydrogens is 581 g/mol. The number of aromatic amines is 1. The summed E-state index contributed by atoms with van der Waals surface area (Å²) in [6.45, 7) is 6.84. The summed E-state index contributed by atoms with van der Waals surface area (Å²) in [5, 5.41) is 15.7. The van der Waals surface area contributed by atoms with Crippen molar-refractivity contribution in [3.05, 3.63) is 30.0 Å². The van der Waals surface area contributed by atoms with Gasteiger partial charge in [-0.05, 0) is 109 Å². The molecule has 3 atom stereocenters. The number of benzene rings is 1. The number of alkyl carbamates (subject to hydrolysis) is 1. The fourth-order valence-corrected chi connectivity index (χ4v) is 7.26. The maximum Gasteiger partial charge on any atom is 0.407 e. The number of nitrogens with zero attached hydrogens (tertiary/aromatic N) is 2. The van der Waals surface area contributed by atoms with Gasteiger partial charge in [0.1, 0.15) is 24.0 Å². The molecule has 0 unspecified atom stereocenters. The second kappa shape index (κ2) is 13.8. The zero-order chi connectivity index (χ0) is 32.3. The highest BCUT2D eigenvalue weighted by atomic mass is 19.1. The van der Waals surface area contributed by atoms with Gasteiger partial charge in [0.2, 0.25) is 11.8 Å². The summed E-state index contributed by atoms with van der Waals surface area (Å²) in [5.74, 6) is -1.73. The van der Waals surface area contributed by atoms with Crippen LogP contribution in [0.25, 0.3) is 10.9 Å². The first-order chi connectivity index (χ1) is 21.4. The van der Waals surface area contributed by atoms with Crippen molar-refractivity contribution in [1.82, 2.24) is 20.1 Å². The van der Waals surface area contributed by atoms with Crippen LogP contribution < -0.4 is 10.6 Å². The van der Waals surface area contributed by atoms with E-state index < -0.39 is 36.4 Å². The summed E-state index contributed by atoms with van der Waals surface area (Å²) >= 11 is 0. The largest absolute Gasteiger partial charge is 0.477 e. The molecule has 2 aromatic rings. The molecule has 45 heavy (non-hydrogen) atoms. The normalized spacial score (nSPS) is 25.1. The number of halogens is 1. The maximum atomic E-state index is 14.0. The van der Waals surface area contributed by atoms with Crippen LogP contribution in [-0.4, -0.2) is 93.8 Å². The zero-order valence-electron chi connectivity index (χ0n) is 26.4. The molecule has 3 fully saturated rings. The highest BCUT2D eigenvalue weighted by Gasteiger charge is 2.46. The zero-order valence-corrected chi connectivity index (χ0v) is 26.4. The first kappa shape index (κ1) is 32.7. The van der Waals surface area contributed by atoms with Crippen LogP contribution in [0.2, 0.25) is 0 Å². The predicted octanol–water partition coefficient (Wildman–Crippen LogP) is 4.93. The molecule has 3 heterocycles. The number of rotatable bonds is 8. The number of amides is 3. The third-order valence-corrected chi connectivity index (χ3v) is 9.45. The van der Waals surface area contributed by atoms with Crippen LogP contribution in [0.15, 0.2) is 24.3 Å². The number of piperidine rings is 1. The molecule has 3 aliphatic rings. The molecule has 11 nitrogen and oxygen atoms in total. The van der Waals surface area contributed by atoms with Gasteiger partial charge in [0.05, 0.1) is 6.04 Å². The molecule has 0 spiro atoms.